The van der Waals surface area contributed by atoms with E-state index >= 15 is 0 Å². The average Bonchev–Trinajstić information content (AvgIpc) is 2.51. The number of benzene rings is 1. The summed E-state index contributed by atoms with van der Waals surface area (Å²) in [6.45, 7) is 5.14. The highest BCUT2D eigenvalue weighted by molar-refractivity contribution is 5.77. The Balaban J connectivity index is 1.92. The van der Waals surface area contributed by atoms with E-state index in [1.807, 2.05) is 30.0 Å². The van der Waals surface area contributed by atoms with Gasteiger partial charge in [0.2, 0.25) is 0 Å². The lowest BCUT2D eigenvalue weighted by Crippen LogP contribution is -2.37. The molecule has 1 aromatic rings. The largest absolute Gasteiger partial charge is 0.490 e. The van der Waals surface area contributed by atoms with E-state index in [2.05, 4.69) is 0 Å². The van der Waals surface area contributed by atoms with Crippen LogP contribution in [-0.2, 0) is 20.8 Å². The first-order valence-electron chi connectivity index (χ1n) is 7.18. The molecular weight excluding hydrogens is 272 g/mol. The molecule has 1 heterocycles. The Morgan fingerprint density at radius 1 is 1.43 bits per heavy atom. The van der Waals surface area contributed by atoms with Crippen molar-refractivity contribution in [3.63, 3.8) is 0 Å². The molecule has 1 aromatic carbocycles. The van der Waals surface area contributed by atoms with Crippen LogP contribution in [0.25, 0.3) is 0 Å². The molecular formula is C15H22N2O4. The van der Waals surface area contributed by atoms with E-state index in [1.165, 1.54) is 0 Å². The smallest absolute Gasteiger partial charge is 0.325 e. The molecule has 1 aliphatic heterocycles. The van der Waals surface area contributed by atoms with E-state index in [4.69, 9.17) is 19.9 Å². The van der Waals surface area contributed by atoms with Gasteiger partial charge in [0.05, 0.1) is 18.8 Å². The Bertz CT molecular complexity index is 479. The molecule has 2 rings (SSSR count). The monoisotopic (exact) mass is 294 g/mol. The molecule has 0 saturated heterocycles. The molecule has 0 atom stereocenters. The van der Waals surface area contributed by atoms with E-state index in [9.17, 15) is 4.79 Å². The fourth-order valence-electron chi connectivity index (χ4n) is 2.17. The van der Waals surface area contributed by atoms with Crippen LogP contribution >= 0.6 is 0 Å². The lowest BCUT2D eigenvalue weighted by atomic mass is 10.1. The Morgan fingerprint density at radius 2 is 2.29 bits per heavy atom. The fourth-order valence-corrected chi connectivity index (χ4v) is 2.17. The van der Waals surface area contributed by atoms with Gasteiger partial charge in [0.15, 0.2) is 0 Å². The average molecular weight is 294 g/mol. The van der Waals surface area contributed by atoms with Crippen LogP contribution in [0.5, 0.6) is 5.75 Å². The molecule has 0 radical (unpaired) electrons. The Morgan fingerprint density at radius 3 is 3.05 bits per heavy atom. The quantitative estimate of drug-likeness (QED) is 0.595. The lowest BCUT2D eigenvalue weighted by molar-refractivity contribution is -0.143. The van der Waals surface area contributed by atoms with Crippen LogP contribution in [0.1, 0.15) is 12.5 Å². The predicted molar refractivity (Wildman–Crippen MR) is 79.5 cm³/mol. The van der Waals surface area contributed by atoms with Gasteiger partial charge in [-0.2, -0.15) is 0 Å². The van der Waals surface area contributed by atoms with Crippen molar-refractivity contribution in [3.8, 4) is 5.75 Å². The normalized spacial score (nSPS) is 13.5. The number of nitrogens with two attached hydrogens (primary N) is 1. The number of hydrogen-bond acceptors (Lipinski definition) is 6. The second-order valence-electron chi connectivity index (χ2n) is 4.69. The Labute approximate surface area is 124 Å². The predicted octanol–water partition coefficient (Wildman–Crippen LogP) is 0.924. The van der Waals surface area contributed by atoms with E-state index < -0.39 is 0 Å². The highest BCUT2D eigenvalue weighted by Gasteiger charge is 2.21. The summed E-state index contributed by atoms with van der Waals surface area (Å²) in [6, 6.07) is 5.80. The first-order chi connectivity index (χ1) is 10.2. The number of esters is 1. The molecule has 0 spiro atoms. The summed E-state index contributed by atoms with van der Waals surface area (Å²) in [5.41, 5.74) is 7.53. The van der Waals surface area contributed by atoms with Gasteiger partial charge in [-0.15, -0.1) is 0 Å². The van der Waals surface area contributed by atoms with Crippen LogP contribution < -0.4 is 15.4 Å². The first-order valence-corrected chi connectivity index (χ1v) is 7.18. The molecule has 116 valence electrons. The van der Waals surface area contributed by atoms with Gasteiger partial charge < -0.3 is 24.8 Å². The van der Waals surface area contributed by atoms with E-state index in [-0.39, 0.29) is 19.1 Å². The number of ether oxygens (including phenoxy) is 3. The zero-order valence-electron chi connectivity index (χ0n) is 12.3. The minimum Gasteiger partial charge on any atom is -0.490 e. The molecule has 0 saturated carbocycles. The van der Waals surface area contributed by atoms with Gasteiger partial charge in [-0.25, -0.2) is 0 Å². The van der Waals surface area contributed by atoms with Gasteiger partial charge >= 0.3 is 5.97 Å². The second-order valence-corrected chi connectivity index (χ2v) is 4.69. The van der Waals surface area contributed by atoms with Crippen molar-refractivity contribution in [2.24, 2.45) is 5.73 Å². The molecule has 2 N–H and O–H groups in total. The number of anilines is 1. The van der Waals surface area contributed by atoms with E-state index in [0.29, 0.717) is 32.9 Å². The van der Waals surface area contributed by atoms with Crippen LogP contribution in [0.15, 0.2) is 18.2 Å². The third-order valence-corrected chi connectivity index (χ3v) is 3.23. The maximum atomic E-state index is 11.8. The van der Waals surface area contributed by atoms with Crippen LogP contribution in [0.2, 0.25) is 0 Å². The first kappa shape index (κ1) is 15.6. The summed E-state index contributed by atoms with van der Waals surface area (Å²) in [7, 11) is 0. The van der Waals surface area contributed by atoms with Crippen molar-refractivity contribution in [3.05, 3.63) is 23.8 Å². The minimum atomic E-state index is -0.259. The molecule has 6 nitrogen and oxygen atoms in total. The zero-order valence-corrected chi connectivity index (χ0v) is 12.3. The summed E-state index contributed by atoms with van der Waals surface area (Å²) >= 11 is 0. The van der Waals surface area contributed by atoms with Crippen molar-refractivity contribution < 1.29 is 19.0 Å². The van der Waals surface area contributed by atoms with Gasteiger partial charge in [-0.05, 0) is 24.6 Å². The Hall–Kier alpha value is -1.79. The molecule has 0 aromatic heterocycles. The van der Waals surface area contributed by atoms with Gasteiger partial charge in [0.25, 0.3) is 0 Å². The van der Waals surface area contributed by atoms with Crippen molar-refractivity contribution in [2.75, 3.05) is 44.4 Å². The topological polar surface area (TPSA) is 74.0 Å². The lowest BCUT2D eigenvalue weighted by Gasteiger charge is -2.30. The SMILES string of the molecule is CCOCCOC(=O)CN1CCOc2cc(CN)ccc21. The van der Waals surface area contributed by atoms with Gasteiger partial charge in [-0.3, -0.25) is 4.79 Å². The summed E-state index contributed by atoms with van der Waals surface area (Å²) in [4.78, 5) is 13.8. The molecule has 21 heavy (non-hydrogen) atoms. The van der Waals surface area contributed by atoms with Crippen molar-refractivity contribution >= 4 is 11.7 Å². The molecule has 0 aliphatic carbocycles. The number of rotatable bonds is 7. The summed E-state index contributed by atoms with van der Waals surface area (Å²) in [5, 5.41) is 0. The van der Waals surface area contributed by atoms with Crippen LogP contribution in [0, 0.1) is 0 Å². The number of hydrogen-bond donors (Lipinski definition) is 1. The molecule has 1 aliphatic rings. The van der Waals surface area contributed by atoms with Gasteiger partial charge in [0.1, 0.15) is 25.5 Å². The van der Waals surface area contributed by atoms with Crippen LogP contribution in [0.3, 0.4) is 0 Å². The summed E-state index contributed by atoms with van der Waals surface area (Å²) in [6.07, 6.45) is 0. The molecule has 0 amide bonds. The minimum absolute atomic E-state index is 0.213. The van der Waals surface area contributed by atoms with Crippen LogP contribution in [0.4, 0.5) is 5.69 Å². The Kier molecular flexibility index (Phi) is 5.83. The number of fused-ring (bicyclic) bond motifs is 1. The van der Waals surface area contributed by atoms with Crippen molar-refractivity contribution in [2.45, 2.75) is 13.5 Å². The van der Waals surface area contributed by atoms with Crippen LogP contribution in [-0.4, -0.2) is 45.5 Å². The zero-order chi connectivity index (χ0) is 15.1. The van der Waals surface area contributed by atoms with Crippen molar-refractivity contribution in [1.82, 2.24) is 0 Å². The van der Waals surface area contributed by atoms with E-state index in [1.54, 1.807) is 0 Å². The molecule has 0 bridgehead atoms. The molecule has 0 unspecified atom stereocenters. The molecule has 0 fully saturated rings. The third-order valence-electron chi connectivity index (χ3n) is 3.23. The van der Waals surface area contributed by atoms with Gasteiger partial charge in [0, 0.05) is 13.2 Å². The number of carbonyl (C=O) groups excluding carboxylic acids is 1. The number of carbonyl (C=O) groups is 1. The fraction of sp³-hybridized carbons (Fsp3) is 0.533. The summed E-state index contributed by atoms with van der Waals surface area (Å²) < 4.78 is 15.9. The highest BCUT2D eigenvalue weighted by Crippen LogP contribution is 2.32. The summed E-state index contributed by atoms with van der Waals surface area (Å²) in [5.74, 6) is 0.511. The maximum Gasteiger partial charge on any atom is 0.325 e. The maximum absolute atomic E-state index is 11.8. The van der Waals surface area contributed by atoms with E-state index in [0.717, 1.165) is 17.0 Å². The number of nitrogens with zero attached hydrogens (tertiary/aromatic N) is 1. The van der Waals surface area contributed by atoms with Crippen molar-refractivity contribution in [1.29, 1.82) is 0 Å². The highest BCUT2D eigenvalue weighted by atomic mass is 16.6. The third kappa shape index (κ3) is 4.34. The standard InChI is InChI=1S/C15H22N2O4/c1-2-19-7-8-21-15(18)11-17-5-6-20-14-9-12(10-16)3-4-13(14)17/h3-4,9H,2,5-8,10-11,16H2,1H3. The second kappa shape index (κ2) is 7.85. The van der Waals surface area contributed by atoms with Gasteiger partial charge in [-0.1, -0.05) is 6.07 Å². The molecule has 6 heteroatoms.